The van der Waals surface area contributed by atoms with Gasteiger partial charge in [0.2, 0.25) is 0 Å². The summed E-state index contributed by atoms with van der Waals surface area (Å²) in [5, 5.41) is 0. The second-order valence-corrected chi connectivity index (χ2v) is 13.2. The molecule has 0 amide bonds. The number of carbonyl (C=O) groups excluding carboxylic acids is 2. The fourth-order valence-electron chi connectivity index (χ4n) is 3.24. The quantitative estimate of drug-likeness (QED) is 0.103. The van der Waals surface area contributed by atoms with Gasteiger partial charge in [0.05, 0.1) is 6.61 Å². The molecule has 0 aliphatic carbocycles. The summed E-state index contributed by atoms with van der Waals surface area (Å²) in [4.78, 5) is 20.7. The van der Waals surface area contributed by atoms with Crippen molar-refractivity contribution in [3.63, 3.8) is 0 Å². The number of ketones is 1. The van der Waals surface area contributed by atoms with Gasteiger partial charge in [-0.05, 0) is 81.2 Å². The van der Waals surface area contributed by atoms with Crippen molar-refractivity contribution in [1.29, 1.82) is 0 Å². The maximum atomic E-state index is 10.9. The van der Waals surface area contributed by atoms with Gasteiger partial charge in [-0.15, -0.1) is 0 Å². The number of nitrogens with two attached hydrogens (primary N) is 1. The summed E-state index contributed by atoms with van der Waals surface area (Å²) in [6.45, 7) is 21.4. The zero-order chi connectivity index (χ0) is 33.0. The first-order valence-corrected chi connectivity index (χ1v) is 43.6. The number of ether oxygens (including phenoxy) is 1. The molecule has 0 saturated carbocycles. The average Bonchev–Trinajstić information content (AvgIpc) is 2.94. The van der Waals surface area contributed by atoms with Crippen LogP contribution in [0.4, 0.5) is 0 Å². The summed E-state index contributed by atoms with van der Waals surface area (Å²) in [5.74, 6) is 0.0268. The van der Waals surface area contributed by atoms with E-state index in [9.17, 15) is 9.59 Å². The molecule has 0 aromatic heterocycles. The van der Waals surface area contributed by atoms with Crippen LogP contribution in [0.25, 0.3) is 0 Å². The number of esters is 1. The van der Waals surface area contributed by atoms with E-state index in [-0.39, 0.29) is 11.8 Å². The summed E-state index contributed by atoms with van der Waals surface area (Å²) < 4.78 is 38.5. The van der Waals surface area contributed by atoms with Gasteiger partial charge in [0, 0.05) is 65.1 Å². The fourth-order valence-corrected chi connectivity index (χ4v) is 8.56. The van der Waals surface area contributed by atoms with Gasteiger partial charge in [-0.3, -0.25) is 4.79 Å². The SMILES string of the molecule is CCOC(C)=O.CCO[Si](CCCCC(C)=O)(OCC)OCC.CCO[Si](CCCN)(OCC)OCC.[Cd]=[Te].[Cd]=[Te]. The topological polar surface area (TPSA) is 125 Å². The molecular weight excluding hydrogens is 994 g/mol. The van der Waals surface area contributed by atoms with Crippen molar-refractivity contribution in [2.75, 3.05) is 52.8 Å². The Labute approximate surface area is 300 Å². The Morgan fingerprint density at radius 3 is 1.10 bits per heavy atom. The minimum atomic E-state index is -2.48. The molecule has 0 saturated heterocycles. The molecule has 0 aliphatic heterocycles. The number of hydrogen-bond acceptors (Lipinski definition) is 10. The third-order valence-corrected chi connectivity index (χ3v) is 10.8. The molecule has 0 atom stereocenters. The van der Waals surface area contributed by atoms with Gasteiger partial charge in [-0.25, -0.2) is 0 Å². The van der Waals surface area contributed by atoms with Gasteiger partial charge >= 0.3 is 99.1 Å². The van der Waals surface area contributed by atoms with Gasteiger partial charge in [0.1, 0.15) is 5.78 Å². The summed E-state index contributed by atoms with van der Waals surface area (Å²) in [7, 11) is -4.88. The van der Waals surface area contributed by atoms with Gasteiger partial charge < -0.3 is 41.8 Å². The van der Waals surface area contributed by atoms with Gasteiger partial charge in [-0.1, -0.05) is 0 Å². The van der Waals surface area contributed by atoms with E-state index >= 15 is 0 Å². The Balaban J connectivity index is -0.000000161. The maximum absolute atomic E-state index is 10.9. The molecule has 0 aliphatic rings. The molecule has 240 valence electrons. The predicted octanol–water partition coefficient (Wildman–Crippen LogP) is 3.98. The van der Waals surface area contributed by atoms with E-state index in [1.807, 2.05) is 41.5 Å². The van der Waals surface area contributed by atoms with Crippen molar-refractivity contribution in [2.24, 2.45) is 5.73 Å². The van der Waals surface area contributed by atoms with E-state index in [0.717, 1.165) is 73.1 Å². The van der Waals surface area contributed by atoms with Crippen LogP contribution in [0.2, 0.25) is 12.1 Å². The van der Waals surface area contributed by atoms with Gasteiger partial charge in [-0.2, -0.15) is 0 Å². The zero-order valence-corrected chi connectivity index (χ0v) is 42.1. The summed E-state index contributed by atoms with van der Waals surface area (Å²) >= 11 is 6.56. The molecule has 0 heterocycles. The normalized spacial score (nSPS) is 10.4. The van der Waals surface area contributed by atoms with Crippen molar-refractivity contribution in [3.8, 4) is 0 Å². The second-order valence-electron chi connectivity index (χ2n) is 7.69. The first kappa shape index (κ1) is 53.2. The Bertz CT molecular complexity index is 543. The van der Waals surface area contributed by atoms with Crippen molar-refractivity contribution < 1.29 is 82.7 Å². The van der Waals surface area contributed by atoms with Crippen LogP contribution in [-0.4, -0.2) is 116 Å². The van der Waals surface area contributed by atoms with Crippen molar-refractivity contribution in [3.05, 3.63) is 0 Å². The van der Waals surface area contributed by atoms with Crippen LogP contribution in [0.3, 0.4) is 0 Å². The minimum absolute atomic E-state index is 0.211. The first-order valence-electron chi connectivity index (χ1n) is 14.4. The number of rotatable bonds is 21. The van der Waals surface area contributed by atoms with Crippen LogP contribution in [0.5, 0.6) is 0 Å². The van der Waals surface area contributed by atoms with E-state index in [4.69, 9.17) is 32.3 Å². The standard InChI is InChI=1S/C12H26O4Si.C9H23NO3Si.C4H8O2.2Cd.2Te/c1-5-14-17(15-6-2,16-7-3)11-9-8-10-12(4)13;1-4-11-14(12-5-2,13-6-3)9-7-8-10;1-3-6-4(2)5;;;;/h5-11H2,1-4H3;4-10H2,1-3H3;3H2,1-2H3;;;;. The number of carbonyl (C=O) groups is 2. The molecule has 0 rings (SSSR count). The molecule has 10 nitrogen and oxygen atoms in total. The first-order chi connectivity index (χ1) is 19.6. The summed E-state index contributed by atoms with van der Waals surface area (Å²) in [6.07, 6.45) is 3.34. The molecule has 0 aromatic rings. The van der Waals surface area contributed by atoms with Crippen LogP contribution in [0.1, 0.15) is 88.0 Å². The molecule has 41 heavy (non-hydrogen) atoms. The van der Waals surface area contributed by atoms with Crippen LogP contribution < -0.4 is 5.73 Å². The zero-order valence-electron chi connectivity index (χ0n) is 27.4. The van der Waals surface area contributed by atoms with Crippen molar-refractivity contribution in [2.45, 2.75) is 100 Å². The van der Waals surface area contributed by atoms with Gasteiger partial charge in [0.15, 0.2) is 0 Å². The average molecular weight is 1050 g/mol. The Morgan fingerprint density at radius 2 is 0.902 bits per heavy atom. The van der Waals surface area contributed by atoms with E-state index in [2.05, 4.69) is 38.4 Å². The molecule has 0 bridgehead atoms. The molecule has 0 spiro atoms. The van der Waals surface area contributed by atoms with Crippen LogP contribution >= 0.6 is 0 Å². The molecular formula is C25H57Cd2NO9Si2Te2. The Hall–Kier alpha value is 2.72. The molecule has 0 aromatic carbocycles. The van der Waals surface area contributed by atoms with Crippen molar-refractivity contribution >= 4 is 63.1 Å². The third kappa shape index (κ3) is 38.8. The predicted molar refractivity (Wildman–Crippen MR) is 163 cm³/mol. The molecule has 0 fully saturated rings. The third-order valence-electron chi connectivity index (χ3n) is 4.48. The summed E-state index contributed by atoms with van der Waals surface area (Å²) in [6, 6.07) is 1.62. The molecule has 16 heteroatoms. The Morgan fingerprint density at radius 1 is 0.585 bits per heavy atom. The van der Waals surface area contributed by atoms with E-state index in [0.29, 0.717) is 59.2 Å². The van der Waals surface area contributed by atoms with E-state index < -0.39 is 17.6 Å². The number of hydrogen-bond donors (Lipinski definition) is 1. The molecule has 2 N–H and O–H groups in total. The number of unbranched alkanes of at least 4 members (excludes halogenated alkanes) is 1. The van der Waals surface area contributed by atoms with Crippen molar-refractivity contribution in [1.82, 2.24) is 0 Å². The van der Waals surface area contributed by atoms with Crippen LogP contribution in [0, 0.1) is 0 Å². The molecule has 0 unspecified atom stereocenters. The number of Topliss-reactive ketones (excluding diaryl/α,β-unsaturated/α-hetero) is 1. The molecule has 0 radical (unpaired) electrons. The second kappa shape index (κ2) is 42.7. The summed E-state index contributed by atoms with van der Waals surface area (Å²) in [5.41, 5.74) is 5.48. The van der Waals surface area contributed by atoms with E-state index in [1.54, 1.807) is 13.8 Å². The van der Waals surface area contributed by atoms with Gasteiger partial charge in [0.25, 0.3) is 0 Å². The fraction of sp³-hybridized carbons (Fsp3) is 0.920. The van der Waals surface area contributed by atoms with Crippen LogP contribution in [0.15, 0.2) is 0 Å². The Kier molecular flexibility index (Phi) is 55.4. The van der Waals surface area contributed by atoms with Crippen LogP contribution in [-0.2, 0) is 82.7 Å². The van der Waals surface area contributed by atoms with E-state index in [1.165, 1.54) is 6.92 Å². The monoisotopic (exact) mass is 1060 g/mol.